The van der Waals surface area contributed by atoms with Crippen LogP contribution >= 0.6 is 11.6 Å². The van der Waals surface area contributed by atoms with Crippen molar-refractivity contribution in [3.63, 3.8) is 0 Å². The summed E-state index contributed by atoms with van der Waals surface area (Å²) in [6.45, 7) is 6.21. The van der Waals surface area contributed by atoms with E-state index in [2.05, 4.69) is 41.6 Å². The molecule has 4 heteroatoms. The highest BCUT2D eigenvalue weighted by Crippen LogP contribution is 2.23. The molecule has 21 heavy (non-hydrogen) atoms. The molecule has 0 aliphatic heterocycles. The molecule has 0 radical (unpaired) electrons. The Bertz CT molecular complexity index is 785. The number of imidazole rings is 1. The second-order valence-corrected chi connectivity index (χ2v) is 5.82. The summed E-state index contributed by atoms with van der Waals surface area (Å²) < 4.78 is 2.13. The Hall–Kier alpha value is -1.87. The molecule has 1 aromatic carbocycles. The van der Waals surface area contributed by atoms with Crippen LogP contribution in [0.4, 0.5) is 0 Å². The predicted octanol–water partition coefficient (Wildman–Crippen LogP) is 4.13. The van der Waals surface area contributed by atoms with Gasteiger partial charge in [-0.3, -0.25) is 4.57 Å². The van der Waals surface area contributed by atoms with E-state index in [1.165, 1.54) is 11.1 Å². The molecule has 0 fully saturated rings. The van der Waals surface area contributed by atoms with Gasteiger partial charge in [-0.1, -0.05) is 6.07 Å². The third kappa shape index (κ3) is 2.66. The summed E-state index contributed by atoms with van der Waals surface area (Å²) in [4.78, 5) is 9.37. The molecule has 0 aliphatic carbocycles. The normalized spacial score (nSPS) is 11.2. The first kappa shape index (κ1) is 14.1. The van der Waals surface area contributed by atoms with Crippen LogP contribution in [0.5, 0.6) is 0 Å². The Morgan fingerprint density at radius 3 is 2.38 bits per heavy atom. The summed E-state index contributed by atoms with van der Waals surface area (Å²) in [5, 5.41) is 0. The maximum atomic E-state index is 5.94. The molecule has 0 N–H and O–H groups in total. The van der Waals surface area contributed by atoms with Gasteiger partial charge in [-0.05, 0) is 56.2 Å². The molecular weight excluding hydrogens is 282 g/mol. The summed E-state index contributed by atoms with van der Waals surface area (Å²) in [5.74, 6) is 1.51. The molecule has 3 rings (SSSR count). The quantitative estimate of drug-likeness (QED) is 0.681. The van der Waals surface area contributed by atoms with Crippen molar-refractivity contribution in [3.8, 4) is 5.69 Å². The van der Waals surface area contributed by atoms with Crippen molar-refractivity contribution in [1.82, 2.24) is 14.5 Å². The molecule has 2 aromatic heterocycles. The number of fused-ring (bicyclic) bond motifs is 1. The van der Waals surface area contributed by atoms with E-state index in [-0.39, 0.29) is 0 Å². The molecule has 3 aromatic rings. The van der Waals surface area contributed by atoms with E-state index in [1.54, 1.807) is 0 Å². The summed E-state index contributed by atoms with van der Waals surface area (Å²) in [7, 11) is 0. The van der Waals surface area contributed by atoms with Crippen LogP contribution in [-0.2, 0) is 6.42 Å². The van der Waals surface area contributed by atoms with Gasteiger partial charge in [0.05, 0.1) is 0 Å². The first-order valence-electron chi connectivity index (χ1n) is 7.08. The highest BCUT2D eigenvalue weighted by Gasteiger charge is 2.14. The van der Waals surface area contributed by atoms with Gasteiger partial charge in [0.25, 0.3) is 0 Å². The molecule has 108 valence electrons. The second-order valence-electron chi connectivity index (χ2n) is 5.44. The monoisotopic (exact) mass is 299 g/mol. The number of alkyl halides is 1. The fourth-order valence-corrected chi connectivity index (χ4v) is 2.87. The van der Waals surface area contributed by atoms with Gasteiger partial charge >= 0.3 is 0 Å². The summed E-state index contributed by atoms with van der Waals surface area (Å²) in [5.41, 5.74) is 6.38. The molecule has 0 amide bonds. The predicted molar refractivity (Wildman–Crippen MR) is 87.5 cm³/mol. The molecule has 0 spiro atoms. The van der Waals surface area contributed by atoms with Gasteiger partial charge in [-0.2, -0.15) is 0 Å². The number of hydrogen-bond acceptors (Lipinski definition) is 2. The molecule has 0 atom stereocenters. The first-order valence-corrected chi connectivity index (χ1v) is 7.61. The SMILES string of the molecule is Cc1cc(C)cc(-n2c(CCCl)nc3ccc(C)nc32)c1. The highest BCUT2D eigenvalue weighted by molar-refractivity contribution is 6.17. The number of aromatic nitrogens is 3. The zero-order valence-corrected chi connectivity index (χ0v) is 13.3. The van der Waals surface area contributed by atoms with Crippen LogP contribution in [0.1, 0.15) is 22.6 Å². The minimum absolute atomic E-state index is 0.549. The first-order chi connectivity index (χ1) is 10.1. The van der Waals surface area contributed by atoms with E-state index in [4.69, 9.17) is 16.6 Å². The summed E-state index contributed by atoms with van der Waals surface area (Å²) >= 11 is 5.94. The van der Waals surface area contributed by atoms with Crippen LogP contribution in [0.3, 0.4) is 0 Å². The van der Waals surface area contributed by atoms with Gasteiger partial charge in [0.1, 0.15) is 11.3 Å². The van der Waals surface area contributed by atoms with Crippen LogP contribution in [0, 0.1) is 20.8 Å². The molecule has 0 saturated carbocycles. The molecule has 3 nitrogen and oxygen atoms in total. The fraction of sp³-hybridized carbons (Fsp3) is 0.294. The fourth-order valence-electron chi connectivity index (χ4n) is 2.70. The van der Waals surface area contributed by atoms with Crippen molar-refractivity contribution in [1.29, 1.82) is 0 Å². The number of rotatable bonds is 3. The van der Waals surface area contributed by atoms with Crippen LogP contribution in [0.25, 0.3) is 16.9 Å². The molecular formula is C17H18ClN3. The highest BCUT2D eigenvalue weighted by atomic mass is 35.5. The smallest absolute Gasteiger partial charge is 0.164 e. The largest absolute Gasteiger partial charge is 0.281 e. The van der Waals surface area contributed by atoms with Gasteiger partial charge in [-0.25, -0.2) is 9.97 Å². The van der Waals surface area contributed by atoms with Crippen molar-refractivity contribution >= 4 is 22.8 Å². The molecule has 0 aliphatic rings. The van der Waals surface area contributed by atoms with Crippen LogP contribution in [0.15, 0.2) is 30.3 Å². The van der Waals surface area contributed by atoms with E-state index < -0.39 is 0 Å². The zero-order chi connectivity index (χ0) is 15.0. The van der Waals surface area contributed by atoms with Crippen molar-refractivity contribution in [2.24, 2.45) is 0 Å². The van der Waals surface area contributed by atoms with Gasteiger partial charge < -0.3 is 0 Å². The summed E-state index contributed by atoms with van der Waals surface area (Å²) in [6, 6.07) is 10.5. The Labute approximate surface area is 129 Å². The minimum atomic E-state index is 0.549. The van der Waals surface area contributed by atoms with Crippen molar-refractivity contribution in [3.05, 3.63) is 53.0 Å². The molecule has 2 heterocycles. The lowest BCUT2D eigenvalue weighted by Crippen LogP contribution is -2.04. The van der Waals surface area contributed by atoms with Crippen LogP contribution in [0.2, 0.25) is 0 Å². The number of pyridine rings is 1. The molecule has 0 saturated heterocycles. The van der Waals surface area contributed by atoms with Crippen LogP contribution in [-0.4, -0.2) is 20.4 Å². The number of nitrogens with zero attached hydrogens (tertiary/aromatic N) is 3. The average molecular weight is 300 g/mol. The van der Waals surface area contributed by atoms with E-state index in [0.29, 0.717) is 5.88 Å². The number of hydrogen-bond donors (Lipinski definition) is 0. The number of halogens is 1. The number of aryl methyl sites for hydroxylation is 4. The average Bonchev–Trinajstić information content (AvgIpc) is 2.75. The zero-order valence-electron chi connectivity index (χ0n) is 12.5. The standard InChI is InChI=1S/C17H18ClN3/c1-11-8-12(2)10-14(9-11)21-16(6-7-18)20-15-5-4-13(3)19-17(15)21/h4-5,8-10H,6-7H2,1-3H3. The Morgan fingerprint density at radius 1 is 1.00 bits per heavy atom. The van der Waals surface area contributed by atoms with E-state index in [9.17, 15) is 0 Å². The van der Waals surface area contributed by atoms with Crippen LogP contribution < -0.4 is 0 Å². The second kappa shape index (κ2) is 5.49. The lowest BCUT2D eigenvalue weighted by molar-refractivity contribution is 0.902. The molecule has 0 bridgehead atoms. The van der Waals surface area contributed by atoms with E-state index in [0.717, 1.165) is 34.8 Å². The van der Waals surface area contributed by atoms with Crippen molar-refractivity contribution in [2.45, 2.75) is 27.2 Å². The third-order valence-corrected chi connectivity index (χ3v) is 3.68. The Morgan fingerprint density at radius 2 is 1.71 bits per heavy atom. The van der Waals surface area contributed by atoms with Gasteiger partial charge in [-0.15, -0.1) is 11.6 Å². The molecule has 0 unspecified atom stereocenters. The maximum Gasteiger partial charge on any atom is 0.164 e. The lowest BCUT2D eigenvalue weighted by atomic mass is 10.1. The van der Waals surface area contributed by atoms with Crippen molar-refractivity contribution in [2.75, 3.05) is 5.88 Å². The lowest BCUT2D eigenvalue weighted by Gasteiger charge is -2.10. The van der Waals surface area contributed by atoms with Crippen molar-refractivity contribution < 1.29 is 0 Å². The van der Waals surface area contributed by atoms with Gasteiger partial charge in [0, 0.05) is 23.7 Å². The third-order valence-electron chi connectivity index (χ3n) is 3.50. The van der Waals surface area contributed by atoms with E-state index in [1.807, 2.05) is 19.1 Å². The minimum Gasteiger partial charge on any atom is -0.281 e. The Balaban J connectivity index is 2.32. The van der Waals surface area contributed by atoms with Gasteiger partial charge in [0.2, 0.25) is 0 Å². The number of benzene rings is 1. The Kier molecular flexibility index (Phi) is 3.68. The van der Waals surface area contributed by atoms with Gasteiger partial charge in [0.15, 0.2) is 5.65 Å². The maximum absolute atomic E-state index is 5.94. The van der Waals surface area contributed by atoms with E-state index >= 15 is 0 Å². The summed E-state index contributed by atoms with van der Waals surface area (Å²) in [6.07, 6.45) is 0.726. The topological polar surface area (TPSA) is 30.7 Å².